The standard InChI is InChI=1S/C23H19N3O4.BrH/c24-16-5-3-7-25-18(16)8-13-11-28-20-10-19-15(9-21(20)30-13)23(12-29-19)14-4-1-2-6-17(14)26-22(23)27;/h1-7,9-10,13H,8,11-12,24H2,(H,26,27);1H. The highest BCUT2D eigenvalue weighted by Gasteiger charge is 2.54. The lowest BCUT2D eigenvalue weighted by Crippen LogP contribution is -2.37. The van der Waals surface area contributed by atoms with E-state index in [1.54, 1.807) is 12.3 Å². The van der Waals surface area contributed by atoms with Gasteiger partial charge in [-0.25, -0.2) is 0 Å². The Kier molecular flexibility index (Phi) is 4.55. The van der Waals surface area contributed by atoms with Gasteiger partial charge in [-0.05, 0) is 29.8 Å². The van der Waals surface area contributed by atoms with Gasteiger partial charge in [0.05, 0.1) is 11.4 Å². The molecule has 2 aromatic carbocycles. The highest BCUT2D eigenvalue weighted by Crippen LogP contribution is 2.53. The first-order valence-electron chi connectivity index (χ1n) is 9.86. The van der Waals surface area contributed by atoms with Crippen molar-refractivity contribution in [2.24, 2.45) is 0 Å². The molecule has 1 spiro atoms. The average Bonchev–Trinajstić information content (AvgIpc) is 3.27. The van der Waals surface area contributed by atoms with Gasteiger partial charge in [-0.1, -0.05) is 18.2 Å². The van der Waals surface area contributed by atoms with Gasteiger partial charge in [-0.15, -0.1) is 17.0 Å². The van der Waals surface area contributed by atoms with E-state index in [4.69, 9.17) is 19.9 Å². The molecule has 3 aliphatic heterocycles. The SMILES string of the molecule is Br.Nc1cccnc1CC1COc2cc3c(cc2O1)C1(CO3)C(=O)Nc2ccccc21. The second-order valence-corrected chi connectivity index (χ2v) is 7.78. The maximum Gasteiger partial charge on any atom is 0.243 e. The molecule has 158 valence electrons. The summed E-state index contributed by atoms with van der Waals surface area (Å²) in [6, 6.07) is 15.0. The number of nitrogens with two attached hydrogens (primary N) is 1. The summed E-state index contributed by atoms with van der Waals surface area (Å²) < 4.78 is 18.1. The molecule has 0 saturated heterocycles. The molecule has 0 saturated carbocycles. The Balaban J connectivity index is 0.00000204. The van der Waals surface area contributed by atoms with Gasteiger partial charge in [-0.2, -0.15) is 0 Å². The number of pyridine rings is 1. The Morgan fingerprint density at radius 2 is 1.94 bits per heavy atom. The van der Waals surface area contributed by atoms with Gasteiger partial charge in [-0.3, -0.25) is 9.78 Å². The van der Waals surface area contributed by atoms with E-state index in [1.807, 2.05) is 42.5 Å². The van der Waals surface area contributed by atoms with Crippen molar-refractivity contribution in [3.63, 3.8) is 0 Å². The molecule has 31 heavy (non-hydrogen) atoms. The van der Waals surface area contributed by atoms with Crippen molar-refractivity contribution in [3.05, 3.63) is 71.5 Å². The molecule has 6 rings (SSSR count). The number of halogens is 1. The Hall–Kier alpha value is -3.26. The number of aromatic nitrogens is 1. The van der Waals surface area contributed by atoms with Crippen molar-refractivity contribution < 1.29 is 19.0 Å². The number of carbonyl (C=O) groups is 1. The lowest BCUT2D eigenvalue weighted by molar-refractivity contribution is -0.119. The van der Waals surface area contributed by atoms with E-state index in [2.05, 4.69) is 10.3 Å². The summed E-state index contributed by atoms with van der Waals surface area (Å²) in [6.45, 7) is 0.637. The highest BCUT2D eigenvalue weighted by molar-refractivity contribution is 8.93. The van der Waals surface area contributed by atoms with E-state index < -0.39 is 5.41 Å². The van der Waals surface area contributed by atoms with Crippen LogP contribution in [-0.4, -0.2) is 30.2 Å². The number of benzene rings is 2. The molecule has 0 fully saturated rings. The number of anilines is 2. The summed E-state index contributed by atoms with van der Waals surface area (Å²) in [4.78, 5) is 17.4. The Morgan fingerprint density at radius 1 is 1.06 bits per heavy atom. The van der Waals surface area contributed by atoms with Gasteiger partial charge < -0.3 is 25.3 Å². The first-order chi connectivity index (χ1) is 14.6. The van der Waals surface area contributed by atoms with Crippen molar-refractivity contribution in [2.75, 3.05) is 24.3 Å². The maximum absolute atomic E-state index is 13.0. The molecule has 0 aliphatic carbocycles. The first kappa shape index (κ1) is 19.7. The van der Waals surface area contributed by atoms with E-state index in [-0.39, 0.29) is 35.6 Å². The number of nitrogens with zero attached hydrogens (tertiary/aromatic N) is 1. The third-order valence-corrected chi connectivity index (χ3v) is 6.04. The summed E-state index contributed by atoms with van der Waals surface area (Å²) in [5.74, 6) is 1.78. The molecule has 3 aromatic rings. The predicted molar refractivity (Wildman–Crippen MR) is 120 cm³/mol. The van der Waals surface area contributed by atoms with Gasteiger partial charge in [0.15, 0.2) is 11.5 Å². The van der Waals surface area contributed by atoms with Crippen molar-refractivity contribution in [3.8, 4) is 17.2 Å². The molecule has 8 heteroatoms. The molecule has 0 bridgehead atoms. The number of hydrogen-bond donors (Lipinski definition) is 2. The Morgan fingerprint density at radius 3 is 2.81 bits per heavy atom. The minimum Gasteiger partial charge on any atom is -0.491 e. The molecule has 4 heterocycles. The third kappa shape index (κ3) is 2.85. The summed E-state index contributed by atoms with van der Waals surface area (Å²) in [7, 11) is 0. The van der Waals surface area contributed by atoms with Crippen molar-refractivity contribution in [1.29, 1.82) is 0 Å². The Labute approximate surface area is 189 Å². The third-order valence-electron chi connectivity index (χ3n) is 6.04. The van der Waals surface area contributed by atoms with Crippen molar-refractivity contribution in [2.45, 2.75) is 17.9 Å². The second kappa shape index (κ2) is 7.16. The zero-order valence-electron chi connectivity index (χ0n) is 16.5. The topological polar surface area (TPSA) is 95.7 Å². The molecule has 3 N–H and O–H groups in total. The van der Waals surface area contributed by atoms with Crippen LogP contribution in [-0.2, 0) is 16.6 Å². The molecule has 0 radical (unpaired) electrons. The quantitative estimate of drug-likeness (QED) is 0.583. The molecular formula is C23H20BrN3O4. The predicted octanol–water partition coefficient (Wildman–Crippen LogP) is 3.25. The monoisotopic (exact) mass is 481 g/mol. The fraction of sp³-hybridized carbons (Fsp3) is 0.217. The molecule has 3 aliphatic rings. The number of hydrogen-bond acceptors (Lipinski definition) is 6. The number of carbonyl (C=O) groups excluding carboxylic acids is 1. The van der Waals surface area contributed by atoms with E-state index in [1.165, 1.54) is 0 Å². The fourth-order valence-electron chi connectivity index (χ4n) is 4.52. The number of fused-ring (bicyclic) bond motifs is 5. The van der Waals surface area contributed by atoms with Crippen LogP contribution in [0.1, 0.15) is 16.8 Å². The summed E-state index contributed by atoms with van der Waals surface area (Å²) in [6.07, 6.45) is 2.03. The largest absolute Gasteiger partial charge is 0.491 e. The minimum atomic E-state index is -0.872. The lowest BCUT2D eigenvalue weighted by atomic mass is 9.77. The number of amides is 1. The molecule has 7 nitrogen and oxygen atoms in total. The average molecular weight is 482 g/mol. The van der Waals surface area contributed by atoms with Gasteiger partial charge in [0.25, 0.3) is 0 Å². The maximum atomic E-state index is 13.0. The fourth-order valence-corrected chi connectivity index (χ4v) is 4.52. The molecule has 2 unspecified atom stereocenters. The molecule has 1 aromatic heterocycles. The van der Waals surface area contributed by atoms with Crippen LogP contribution in [0.3, 0.4) is 0 Å². The normalized spacial score (nSPS) is 22.2. The van der Waals surface area contributed by atoms with Crippen LogP contribution in [0, 0.1) is 0 Å². The van der Waals surface area contributed by atoms with E-state index >= 15 is 0 Å². The zero-order valence-corrected chi connectivity index (χ0v) is 18.2. The number of ether oxygens (including phenoxy) is 3. The van der Waals surface area contributed by atoms with Crippen LogP contribution >= 0.6 is 17.0 Å². The van der Waals surface area contributed by atoms with Gasteiger partial charge in [0.1, 0.15) is 30.5 Å². The van der Waals surface area contributed by atoms with Crippen molar-refractivity contribution >= 4 is 34.3 Å². The molecule has 2 atom stereocenters. The zero-order chi connectivity index (χ0) is 20.3. The highest BCUT2D eigenvalue weighted by atomic mass is 79.9. The molecule has 1 amide bonds. The summed E-state index contributed by atoms with van der Waals surface area (Å²) in [5, 5.41) is 2.99. The van der Waals surface area contributed by atoms with Crippen LogP contribution in [0.2, 0.25) is 0 Å². The smallest absolute Gasteiger partial charge is 0.243 e. The minimum absolute atomic E-state index is 0. The summed E-state index contributed by atoms with van der Waals surface area (Å²) >= 11 is 0. The molecular weight excluding hydrogens is 462 g/mol. The van der Waals surface area contributed by atoms with Gasteiger partial charge in [0.2, 0.25) is 5.91 Å². The van der Waals surface area contributed by atoms with Gasteiger partial charge >= 0.3 is 0 Å². The van der Waals surface area contributed by atoms with Gasteiger partial charge in [0, 0.05) is 29.9 Å². The van der Waals surface area contributed by atoms with Crippen molar-refractivity contribution in [1.82, 2.24) is 4.98 Å². The van der Waals surface area contributed by atoms with E-state index in [9.17, 15) is 4.79 Å². The van der Waals surface area contributed by atoms with Crippen LogP contribution in [0.5, 0.6) is 17.2 Å². The van der Waals surface area contributed by atoms with Crippen LogP contribution in [0.4, 0.5) is 11.4 Å². The number of nitrogen functional groups attached to an aromatic ring is 1. The van der Waals surface area contributed by atoms with Crippen LogP contribution < -0.4 is 25.3 Å². The number of nitrogens with one attached hydrogen (secondary N) is 1. The number of rotatable bonds is 2. The van der Waals surface area contributed by atoms with E-state index in [0.717, 1.165) is 22.5 Å². The summed E-state index contributed by atoms with van der Waals surface area (Å²) in [5.41, 5.74) is 9.10. The second-order valence-electron chi connectivity index (χ2n) is 7.78. The van der Waals surface area contributed by atoms with Crippen LogP contribution in [0.15, 0.2) is 54.7 Å². The van der Waals surface area contributed by atoms with E-state index in [0.29, 0.717) is 36.0 Å². The lowest BCUT2D eigenvalue weighted by Gasteiger charge is -2.28. The van der Waals surface area contributed by atoms with Crippen LogP contribution in [0.25, 0.3) is 0 Å². The Bertz CT molecular complexity index is 1200. The number of para-hydroxylation sites is 1. The first-order valence-corrected chi connectivity index (χ1v) is 9.86.